The first-order valence-corrected chi connectivity index (χ1v) is 6.24. The van der Waals surface area contributed by atoms with E-state index in [1.165, 1.54) is 14.7 Å². The minimum atomic E-state index is 0.835. The van der Waals surface area contributed by atoms with Crippen molar-refractivity contribution in [3.63, 3.8) is 0 Å². The van der Waals surface area contributed by atoms with Crippen LogP contribution < -0.4 is 0 Å². The molecule has 0 aliphatic carbocycles. The molecule has 74 valence electrons. The first kappa shape index (κ1) is 10.6. The number of hydrogen-bond acceptors (Lipinski definition) is 2. The summed E-state index contributed by atoms with van der Waals surface area (Å²) in [5, 5.41) is 1.19. The third-order valence-electron chi connectivity index (χ3n) is 2.23. The molecule has 0 radical (unpaired) electrons. The second-order valence-electron chi connectivity index (χ2n) is 3.25. The fourth-order valence-electron chi connectivity index (χ4n) is 1.62. The van der Waals surface area contributed by atoms with E-state index >= 15 is 0 Å². The fourth-order valence-corrected chi connectivity index (χ4v) is 2.83. The van der Waals surface area contributed by atoms with E-state index in [1.54, 1.807) is 0 Å². The topological polar surface area (TPSA) is 30.7 Å². The smallest absolute Gasteiger partial charge is 0.153 e. The van der Waals surface area contributed by atoms with Gasteiger partial charge in [0.25, 0.3) is 0 Å². The quantitative estimate of drug-likeness (QED) is 0.622. The van der Waals surface area contributed by atoms with E-state index in [4.69, 9.17) is 0 Å². The number of halogens is 2. The normalized spacial score (nSPS) is 11.2. The van der Waals surface area contributed by atoms with E-state index in [2.05, 4.69) is 65.1 Å². The lowest BCUT2D eigenvalue weighted by atomic mass is 10.2. The molecular formula is C9H9I2N3. The third-order valence-corrected chi connectivity index (χ3v) is 5.38. The Bertz CT molecular complexity index is 516. The maximum Gasteiger partial charge on any atom is 0.153 e. The van der Waals surface area contributed by atoms with Gasteiger partial charge in [-0.15, -0.1) is 0 Å². The zero-order valence-electron chi connectivity index (χ0n) is 8.10. The van der Waals surface area contributed by atoms with E-state index in [0.29, 0.717) is 0 Å². The number of aryl methyl sites for hydroxylation is 3. The predicted molar refractivity (Wildman–Crippen MR) is 73.9 cm³/mol. The fraction of sp³-hybridized carbons (Fsp3) is 0.333. The van der Waals surface area contributed by atoms with Crippen molar-refractivity contribution in [1.29, 1.82) is 0 Å². The average molecular weight is 413 g/mol. The number of hydrogen-bond donors (Lipinski definition) is 0. The van der Waals surface area contributed by atoms with Crippen LogP contribution in [0.2, 0.25) is 0 Å². The highest BCUT2D eigenvalue weighted by molar-refractivity contribution is 14.1. The van der Waals surface area contributed by atoms with E-state index in [9.17, 15) is 0 Å². The first-order valence-electron chi connectivity index (χ1n) is 4.20. The zero-order chi connectivity index (χ0) is 10.5. The van der Waals surface area contributed by atoms with Gasteiger partial charge in [-0.1, -0.05) is 0 Å². The molecule has 0 saturated carbocycles. The van der Waals surface area contributed by atoms with Crippen molar-refractivity contribution >= 4 is 56.5 Å². The summed E-state index contributed by atoms with van der Waals surface area (Å²) in [7, 11) is 0. The second-order valence-corrected chi connectivity index (χ2v) is 5.24. The lowest BCUT2D eigenvalue weighted by Gasteiger charge is -1.99. The lowest BCUT2D eigenvalue weighted by Crippen LogP contribution is -1.93. The van der Waals surface area contributed by atoms with Crippen molar-refractivity contribution in [2.24, 2.45) is 0 Å². The largest absolute Gasteiger partial charge is 0.260 e. The molecule has 14 heavy (non-hydrogen) atoms. The van der Waals surface area contributed by atoms with Crippen molar-refractivity contribution in [2.45, 2.75) is 20.8 Å². The zero-order valence-corrected chi connectivity index (χ0v) is 12.4. The second kappa shape index (κ2) is 3.58. The standard InChI is InChI=1S/C9H9I2N3/c1-4-7-5(2)12-6(3)13-9(7)14(11)8(4)10/h1-3H3. The molecule has 5 heteroatoms. The van der Waals surface area contributed by atoms with Gasteiger partial charge in [-0.2, -0.15) is 0 Å². The summed E-state index contributed by atoms with van der Waals surface area (Å²) in [6.07, 6.45) is 0. The van der Waals surface area contributed by atoms with Crippen LogP contribution in [0, 0.1) is 24.5 Å². The van der Waals surface area contributed by atoms with E-state index in [1.807, 2.05) is 13.8 Å². The number of aromatic nitrogens is 3. The molecule has 0 saturated heterocycles. The Labute approximate surface area is 110 Å². The highest BCUT2D eigenvalue weighted by atomic mass is 127. The van der Waals surface area contributed by atoms with Crippen molar-refractivity contribution < 1.29 is 0 Å². The SMILES string of the molecule is Cc1nc(C)c2c(C)c(I)n(I)c2n1. The molecule has 2 aromatic heterocycles. The molecule has 0 aliphatic heterocycles. The predicted octanol–water partition coefficient (Wildman–Crippen LogP) is 3.16. The summed E-state index contributed by atoms with van der Waals surface area (Å²) in [6, 6.07) is 0. The summed E-state index contributed by atoms with van der Waals surface area (Å²) in [5.41, 5.74) is 3.36. The number of rotatable bonds is 0. The maximum absolute atomic E-state index is 4.46. The molecule has 0 atom stereocenters. The Morgan fingerprint density at radius 2 is 1.79 bits per heavy atom. The summed E-state index contributed by atoms with van der Waals surface area (Å²) in [4.78, 5) is 8.84. The van der Waals surface area contributed by atoms with Crippen LogP contribution in [0.3, 0.4) is 0 Å². The Morgan fingerprint density at radius 3 is 2.43 bits per heavy atom. The van der Waals surface area contributed by atoms with Gasteiger partial charge < -0.3 is 0 Å². The average Bonchev–Trinajstić information content (AvgIpc) is 2.31. The van der Waals surface area contributed by atoms with Gasteiger partial charge in [0.2, 0.25) is 0 Å². The molecule has 2 rings (SSSR count). The van der Waals surface area contributed by atoms with Gasteiger partial charge in [0.15, 0.2) is 5.65 Å². The molecule has 0 aliphatic rings. The highest BCUT2D eigenvalue weighted by Gasteiger charge is 2.14. The highest BCUT2D eigenvalue weighted by Crippen LogP contribution is 2.28. The van der Waals surface area contributed by atoms with E-state index in [0.717, 1.165) is 17.2 Å². The van der Waals surface area contributed by atoms with Gasteiger partial charge >= 0.3 is 0 Å². The van der Waals surface area contributed by atoms with Gasteiger partial charge in [-0.05, 0) is 48.9 Å². The molecule has 0 fully saturated rings. The van der Waals surface area contributed by atoms with Gasteiger partial charge in [0.1, 0.15) is 5.82 Å². The van der Waals surface area contributed by atoms with Crippen LogP contribution in [-0.2, 0) is 0 Å². The minimum absolute atomic E-state index is 0.835. The van der Waals surface area contributed by atoms with Crippen LogP contribution in [0.25, 0.3) is 11.0 Å². The van der Waals surface area contributed by atoms with Crippen molar-refractivity contribution in [1.82, 2.24) is 12.7 Å². The number of fused-ring (bicyclic) bond motifs is 1. The first-order chi connectivity index (χ1) is 6.52. The molecule has 0 N–H and O–H groups in total. The summed E-state index contributed by atoms with van der Waals surface area (Å²) >= 11 is 4.61. The third kappa shape index (κ3) is 1.44. The molecular weight excluding hydrogens is 404 g/mol. The van der Waals surface area contributed by atoms with E-state index in [-0.39, 0.29) is 0 Å². The van der Waals surface area contributed by atoms with Crippen LogP contribution in [0.5, 0.6) is 0 Å². The Balaban J connectivity index is 3.02. The van der Waals surface area contributed by atoms with Gasteiger partial charge in [0.05, 0.1) is 32.3 Å². The van der Waals surface area contributed by atoms with Crippen LogP contribution in [0.1, 0.15) is 17.1 Å². The molecule has 0 spiro atoms. The van der Waals surface area contributed by atoms with Crippen LogP contribution in [0.15, 0.2) is 0 Å². The van der Waals surface area contributed by atoms with Gasteiger partial charge in [0, 0.05) is 5.39 Å². The molecule has 0 bridgehead atoms. The Morgan fingerprint density at radius 1 is 1.14 bits per heavy atom. The Hall–Kier alpha value is 0.0800. The van der Waals surface area contributed by atoms with Crippen LogP contribution in [-0.4, -0.2) is 12.7 Å². The summed E-state index contributed by atoms with van der Waals surface area (Å²) in [6.45, 7) is 6.08. The maximum atomic E-state index is 4.46. The molecule has 0 aromatic carbocycles. The van der Waals surface area contributed by atoms with Crippen molar-refractivity contribution in [2.75, 3.05) is 0 Å². The molecule has 2 heterocycles. The van der Waals surface area contributed by atoms with E-state index < -0.39 is 0 Å². The Kier molecular flexibility index (Phi) is 2.71. The molecule has 3 nitrogen and oxygen atoms in total. The monoisotopic (exact) mass is 413 g/mol. The van der Waals surface area contributed by atoms with Gasteiger partial charge in [-0.25, -0.2) is 9.97 Å². The summed E-state index contributed by atoms with van der Waals surface area (Å²) in [5.74, 6) is 0.835. The molecule has 0 unspecified atom stereocenters. The minimum Gasteiger partial charge on any atom is -0.260 e. The molecule has 2 aromatic rings. The van der Waals surface area contributed by atoms with Crippen molar-refractivity contribution in [3.8, 4) is 0 Å². The number of nitrogens with zero attached hydrogens (tertiary/aromatic N) is 3. The van der Waals surface area contributed by atoms with Gasteiger partial charge in [-0.3, -0.25) is 2.78 Å². The van der Waals surface area contributed by atoms with Crippen molar-refractivity contribution in [3.05, 3.63) is 20.8 Å². The van der Waals surface area contributed by atoms with Crippen LogP contribution in [0.4, 0.5) is 0 Å². The molecule has 0 amide bonds. The lowest BCUT2D eigenvalue weighted by molar-refractivity contribution is 1.04. The van der Waals surface area contributed by atoms with Crippen LogP contribution >= 0.6 is 45.5 Å². The summed E-state index contributed by atoms with van der Waals surface area (Å²) < 4.78 is 3.31.